The van der Waals surface area contributed by atoms with E-state index in [0.717, 1.165) is 16.4 Å². The lowest BCUT2D eigenvalue weighted by atomic mass is 10.1. The molecule has 0 spiro atoms. The highest BCUT2D eigenvalue weighted by atomic mass is 35.5. The first-order valence-electron chi connectivity index (χ1n) is 7.46. The number of hydrogen-bond donors (Lipinski definition) is 1. The van der Waals surface area contributed by atoms with Gasteiger partial charge in [-0.25, -0.2) is 9.67 Å². The van der Waals surface area contributed by atoms with Crippen molar-refractivity contribution < 1.29 is 0 Å². The highest BCUT2D eigenvalue weighted by Crippen LogP contribution is 2.32. The van der Waals surface area contributed by atoms with Crippen molar-refractivity contribution in [2.24, 2.45) is 0 Å². The fourth-order valence-corrected chi connectivity index (χ4v) is 3.78. The van der Waals surface area contributed by atoms with E-state index in [-0.39, 0.29) is 0 Å². The summed E-state index contributed by atoms with van der Waals surface area (Å²) in [7, 11) is 0. The van der Waals surface area contributed by atoms with Crippen LogP contribution in [0.5, 0.6) is 0 Å². The molecule has 2 fully saturated rings. The van der Waals surface area contributed by atoms with Crippen molar-refractivity contribution in [3.63, 3.8) is 0 Å². The summed E-state index contributed by atoms with van der Waals surface area (Å²) < 4.78 is 1.78. The topological polar surface area (TPSA) is 46.0 Å². The summed E-state index contributed by atoms with van der Waals surface area (Å²) >= 11 is 6.18. The fourth-order valence-electron chi connectivity index (χ4n) is 3.61. The smallest absolute Gasteiger partial charge is 0.138 e. The van der Waals surface area contributed by atoms with Gasteiger partial charge in [0, 0.05) is 23.7 Å². The van der Waals surface area contributed by atoms with E-state index in [9.17, 15) is 0 Å². The molecule has 0 saturated carbocycles. The molecule has 110 valence electrons. The van der Waals surface area contributed by atoms with Crippen LogP contribution in [0, 0.1) is 0 Å². The maximum absolute atomic E-state index is 6.18. The Morgan fingerprint density at radius 2 is 2.19 bits per heavy atom. The molecular weight excluding hydrogens is 286 g/mol. The maximum atomic E-state index is 6.18. The lowest BCUT2D eigenvalue weighted by Crippen LogP contribution is -2.34. The molecule has 2 aromatic rings. The third kappa shape index (κ3) is 2.40. The summed E-state index contributed by atoms with van der Waals surface area (Å²) in [5.74, 6) is 0. The second-order valence-corrected chi connectivity index (χ2v) is 6.22. The molecule has 0 amide bonds. The van der Waals surface area contributed by atoms with Gasteiger partial charge in [0.1, 0.15) is 12.7 Å². The number of hydrogen-bond acceptors (Lipinski definition) is 4. The molecule has 2 aliphatic heterocycles. The van der Waals surface area contributed by atoms with Crippen LogP contribution in [-0.4, -0.2) is 44.8 Å². The first-order chi connectivity index (χ1) is 10.3. The monoisotopic (exact) mass is 303 g/mol. The Bertz CT molecular complexity index is 627. The van der Waals surface area contributed by atoms with E-state index < -0.39 is 0 Å². The minimum Gasteiger partial charge on any atom is -0.379 e. The van der Waals surface area contributed by atoms with Gasteiger partial charge in [0.05, 0.1) is 11.4 Å². The van der Waals surface area contributed by atoms with Crippen molar-refractivity contribution >= 4 is 17.3 Å². The van der Waals surface area contributed by atoms with Gasteiger partial charge < -0.3 is 5.32 Å². The molecule has 0 bridgehead atoms. The molecule has 0 radical (unpaired) electrons. The summed E-state index contributed by atoms with van der Waals surface area (Å²) in [6.45, 7) is 2.44. The van der Waals surface area contributed by atoms with Gasteiger partial charge in [-0.2, -0.15) is 5.10 Å². The van der Waals surface area contributed by atoms with Gasteiger partial charge in [0.25, 0.3) is 0 Å². The van der Waals surface area contributed by atoms with Gasteiger partial charge >= 0.3 is 0 Å². The lowest BCUT2D eigenvalue weighted by Gasteiger charge is -2.23. The number of nitrogens with one attached hydrogen (secondary N) is 1. The van der Waals surface area contributed by atoms with E-state index >= 15 is 0 Å². The summed E-state index contributed by atoms with van der Waals surface area (Å²) in [6.07, 6.45) is 7.05. The molecule has 2 atom stereocenters. The third-order valence-corrected chi connectivity index (χ3v) is 4.81. The van der Waals surface area contributed by atoms with Crippen molar-refractivity contribution in [3.8, 4) is 5.69 Å². The van der Waals surface area contributed by atoms with Crippen LogP contribution in [0.1, 0.15) is 19.3 Å². The standard InChI is InChI=1S/C15H18ClN5/c16-11-3-4-15(21-10-17-9-18-21)13(8-11)19-12-5-7-20-6-1-2-14(12)20/h3-4,8-10,12,14,19H,1-2,5-7H2. The number of rotatable bonds is 3. The second kappa shape index (κ2) is 5.31. The van der Waals surface area contributed by atoms with Crippen LogP contribution in [0.3, 0.4) is 0 Å². The minimum absolute atomic E-state index is 0.494. The molecule has 3 heterocycles. The summed E-state index contributed by atoms with van der Waals surface area (Å²) in [5, 5.41) is 8.66. The van der Waals surface area contributed by atoms with Gasteiger partial charge in [-0.15, -0.1) is 0 Å². The normalized spacial score (nSPS) is 25.2. The quantitative estimate of drug-likeness (QED) is 0.946. The van der Waals surface area contributed by atoms with Gasteiger partial charge in [-0.1, -0.05) is 11.6 Å². The van der Waals surface area contributed by atoms with E-state index in [1.54, 1.807) is 17.3 Å². The van der Waals surface area contributed by atoms with Crippen LogP contribution in [0.15, 0.2) is 30.9 Å². The number of anilines is 1. The van der Waals surface area contributed by atoms with Crippen molar-refractivity contribution in [1.29, 1.82) is 0 Å². The van der Waals surface area contributed by atoms with E-state index in [0.29, 0.717) is 12.1 Å². The SMILES string of the molecule is Clc1ccc(-n2cncn2)c(NC2CCN3CCCC23)c1. The van der Waals surface area contributed by atoms with Gasteiger partial charge in [-0.3, -0.25) is 4.90 Å². The van der Waals surface area contributed by atoms with E-state index in [1.165, 1.54) is 32.4 Å². The maximum Gasteiger partial charge on any atom is 0.138 e. The van der Waals surface area contributed by atoms with Crippen LogP contribution in [0.2, 0.25) is 5.02 Å². The molecule has 0 aliphatic carbocycles. The zero-order valence-corrected chi connectivity index (χ0v) is 12.5. The highest BCUT2D eigenvalue weighted by molar-refractivity contribution is 6.31. The molecule has 5 nitrogen and oxygen atoms in total. The van der Waals surface area contributed by atoms with Crippen LogP contribution in [-0.2, 0) is 0 Å². The van der Waals surface area contributed by atoms with Crippen LogP contribution >= 0.6 is 11.6 Å². The zero-order valence-electron chi connectivity index (χ0n) is 11.7. The largest absolute Gasteiger partial charge is 0.379 e. The molecule has 1 aromatic carbocycles. The van der Waals surface area contributed by atoms with E-state index in [1.807, 2.05) is 18.2 Å². The van der Waals surface area contributed by atoms with Crippen molar-refractivity contribution in [3.05, 3.63) is 35.9 Å². The summed E-state index contributed by atoms with van der Waals surface area (Å²) in [6, 6.07) is 7.01. The first-order valence-corrected chi connectivity index (χ1v) is 7.84. The number of nitrogens with zero attached hydrogens (tertiary/aromatic N) is 4. The molecule has 2 unspecified atom stereocenters. The Morgan fingerprint density at radius 1 is 1.24 bits per heavy atom. The Labute approximate surface area is 128 Å². The van der Waals surface area contributed by atoms with Crippen LogP contribution in [0.25, 0.3) is 5.69 Å². The predicted octanol–water partition coefficient (Wildman–Crippen LogP) is 2.57. The average molecular weight is 304 g/mol. The highest BCUT2D eigenvalue weighted by Gasteiger charge is 2.37. The second-order valence-electron chi connectivity index (χ2n) is 5.79. The van der Waals surface area contributed by atoms with Gasteiger partial charge in [-0.05, 0) is 44.0 Å². The molecule has 1 N–H and O–H groups in total. The van der Waals surface area contributed by atoms with E-state index in [4.69, 9.17) is 11.6 Å². The van der Waals surface area contributed by atoms with Crippen molar-refractivity contribution in [1.82, 2.24) is 19.7 Å². The predicted molar refractivity (Wildman–Crippen MR) is 83.0 cm³/mol. The number of fused-ring (bicyclic) bond motifs is 1. The van der Waals surface area contributed by atoms with Crippen LogP contribution in [0.4, 0.5) is 5.69 Å². The molecule has 21 heavy (non-hydrogen) atoms. The lowest BCUT2D eigenvalue weighted by molar-refractivity contribution is 0.318. The molecule has 2 aliphatic rings. The van der Waals surface area contributed by atoms with E-state index in [2.05, 4.69) is 20.3 Å². The fraction of sp³-hybridized carbons (Fsp3) is 0.467. The summed E-state index contributed by atoms with van der Waals surface area (Å²) in [4.78, 5) is 6.62. The Hall–Kier alpha value is -1.59. The minimum atomic E-state index is 0.494. The first kappa shape index (κ1) is 13.1. The molecule has 4 rings (SSSR count). The third-order valence-electron chi connectivity index (χ3n) is 4.57. The molecule has 6 heteroatoms. The molecule has 2 saturated heterocycles. The molecule has 1 aromatic heterocycles. The van der Waals surface area contributed by atoms with Crippen molar-refractivity contribution in [2.45, 2.75) is 31.3 Å². The number of benzene rings is 1. The number of halogens is 1. The van der Waals surface area contributed by atoms with Gasteiger partial charge in [0.2, 0.25) is 0 Å². The zero-order chi connectivity index (χ0) is 14.2. The van der Waals surface area contributed by atoms with Crippen molar-refractivity contribution in [2.75, 3.05) is 18.4 Å². The van der Waals surface area contributed by atoms with Crippen LogP contribution < -0.4 is 5.32 Å². The summed E-state index contributed by atoms with van der Waals surface area (Å²) in [5.41, 5.74) is 2.03. The van der Waals surface area contributed by atoms with Gasteiger partial charge in [0.15, 0.2) is 0 Å². The Balaban J connectivity index is 1.63. The average Bonchev–Trinajstić information content (AvgIpc) is 3.17. The molecular formula is C15H18ClN5. The Kier molecular flexibility index (Phi) is 3.31. The Morgan fingerprint density at radius 3 is 3.05 bits per heavy atom. The number of aromatic nitrogens is 3.